The number of fused-ring (bicyclic) bond motifs is 3. The van der Waals surface area contributed by atoms with Crippen molar-refractivity contribution in [2.24, 2.45) is 40.6 Å². The van der Waals surface area contributed by atoms with Crippen molar-refractivity contribution in [2.45, 2.75) is 180 Å². The van der Waals surface area contributed by atoms with Crippen molar-refractivity contribution in [3.8, 4) is 0 Å². The van der Waals surface area contributed by atoms with Crippen LogP contribution in [0, 0.1) is 35.5 Å². The number of amides is 1. The van der Waals surface area contributed by atoms with E-state index in [1.54, 1.807) is 40.9 Å². The number of aliphatic hydroxyl groups is 3. The van der Waals surface area contributed by atoms with Gasteiger partial charge in [-0.3, -0.25) is 19.2 Å². The van der Waals surface area contributed by atoms with Crippen molar-refractivity contribution >= 4 is 29.2 Å². The molecule has 4 rings (SSSR count). The number of hydrogen-bond donors (Lipinski definition) is 3. The molecule has 0 aromatic rings. The average Bonchev–Trinajstić information content (AvgIpc) is 3.39. The highest BCUT2D eigenvalue weighted by Crippen LogP contribution is 2.38. The summed E-state index contributed by atoms with van der Waals surface area (Å²) in [6, 6.07) is -1.18. The van der Waals surface area contributed by atoms with Crippen molar-refractivity contribution in [1.29, 1.82) is 0 Å². The number of cyclic esters (lactones) is 1. The molecule has 1 aliphatic carbocycles. The first-order valence-electron chi connectivity index (χ1n) is 27.2. The summed E-state index contributed by atoms with van der Waals surface area (Å²) in [5.74, 6) is -8.38. The van der Waals surface area contributed by atoms with Gasteiger partial charge in [0.2, 0.25) is 5.79 Å². The Balaban J connectivity index is 1.67. The third-order valence-corrected chi connectivity index (χ3v) is 15.5. The minimum Gasteiger partial charge on any atom is -0.460 e. The topological polar surface area (TPSA) is 263 Å². The number of nitrogens with zero attached hydrogens (tertiary/aromatic N) is 4. The number of carbonyl (C=O) groups excluding carboxylic acids is 5. The van der Waals surface area contributed by atoms with Crippen LogP contribution < -0.4 is 0 Å². The standard InChI is InChI=1S/C56H88N4O15/c1-35-15-11-10-12-16-36(2)47(73-28-27-72-26-25-71-24-22-58-59-57)33-43-20-18-41(7)56(68,75-43)53(65)54(66)60-23-14-13-17-44(60)55(67)74-48(38(4)31-42-19-21-45(61)49(32-42)69-8)34-46(62)37(3)30-40(6)51(64)52(70-9)50(63)39(5)29-35/h10-12,15-16,30,35,37-39,41-45,47-49,51-52,61,64,68H,13-14,17-29,31-34H2,1-9H3/b12-10+,15-11+,36-16+,40-30+/t35-,37-,38-,39-,41-,42+,43+,44+,45-,47?,48+,49-,51-,52+,56-/m1/s1. The number of hydrogen-bond acceptors (Lipinski definition) is 16. The van der Waals surface area contributed by atoms with E-state index in [4.69, 9.17) is 38.7 Å². The Labute approximate surface area is 444 Å². The number of ether oxygens (including phenoxy) is 7. The summed E-state index contributed by atoms with van der Waals surface area (Å²) in [7, 11) is 2.93. The van der Waals surface area contributed by atoms with E-state index in [2.05, 4.69) is 10.0 Å². The normalized spacial score (nSPS) is 36.5. The number of Topliss-reactive ketones (excluding diaryl/α,β-unsaturated/α-hetero) is 3. The van der Waals surface area contributed by atoms with Crippen LogP contribution in [-0.2, 0) is 57.1 Å². The highest BCUT2D eigenvalue weighted by Gasteiger charge is 2.53. The van der Waals surface area contributed by atoms with Gasteiger partial charge in [-0.05, 0) is 112 Å². The second kappa shape index (κ2) is 31.9. The minimum atomic E-state index is -2.50. The number of esters is 1. The van der Waals surface area contributed by atoms with Crippen LogP contribution in [0.5, 0.6) is 0 Å². The highest BCUT2D eigenvalue weighted by atomic mass is 16.6. The first-order valence-corrected chi connectivity index (χ1v) is 27.2. The van der Waals surface area contributed by atoms with Crippen molar-refractivity contribution in [3.63, 3.8) is 0 Å². The van der Waals surface area contributed by atoms with Crippen LogP contribution in [0.1, 0.15) is 126 Å². The van der Waals surface area contributed by atoms with Gasteiger partial charge in [-0.15, -0.1) is 0 Å². The molecule has 3 N–H and O–H groups in total. The number of carbonyl (C=O) groups is 5. The fourth-order valence-corrected chi connectivity index (χ4v) is 10.8. The molecule has 0 spiro atoms. The molecule has 75 heavy (non-hydrogen) atoms. The van der Waals surface area contributed by atoms with E-state index in [0.717, 1.165) is 5.57 Å². The molecular weight excluding hydrogens is 969 g/mol. The first kappa shape index (κ1) is 63.4. The predicted molar refractivity (Wildman–Crippen MR) is 280 cm³/mol. The molecule has 1 saturated carbocycles. The van der Waals surface area contributed by atoms with Gasteiger partial charge in [0.1, 0.15) is 30.1 Å². The van der Waals surface area contributed by atoms with Crippen molar-refractivity contribution in [2.75, 3.05) is 60.3 Å². The molecule has 422 valence electrons. The smallest absolute Gasteiger partial charge is 0.329 e. The lowest BCUT2D eigenvalue weighted by atomic mass is 9.78. The summed E-state index contributed by atoms with van der Waals surface area (Å²) in [5, 5.41) is 37.7. The van der Waals surface area contributed by atoms with E-state index in [9.17, 15) is 39.3 Å². The van der Waals surface area contributed by atoms with Gasteiger partial charge in [-0.25, -0.2) is 4.79 Å². The van der Waals surface area contributed by atoms with Crippen LogP contribution in [0.4, 0.5) is 0 Å². The first-order chi connectivity index (χ1) is 35.7. The zero-order chi connectivity index (χ0) is 55.2. The third kappa shape index (κ3) is 19.1. The number of allylic oxidation sites excluding steroid dienone is 6. The van der Waals surface area contributed by atoms with Gasteiger partial charge >= 0.3 is 5.97 Å². The number of rotatable bonds is 15. The molecule has 19 nitrogen and oxygen atoms in total. The van der Waals surface area contributed by atoms with Crippen molar-refractivity contribution in [3.05, 3.63) is 58.0 Å². The summed E-state index contributed by atoms with van der Waals surface area (Å²) in [6.45, 7) is 14.1. The molecule has 19 heteroatoms. The number of methoxy groups -OCH3 is 2. The summed E-state index contributed by atoms with van der Waals surface area (Å²) < 4.78 is 41.2. The Morgan fingerprint density at radius 2 is 1.59 bits per heavy atom. The van der Waals surface area contributed by atoms with Gasteiger partial charge in [0.05, 0.1) is 57.5 Å². The zero-order valence-electron chi connectivity index (χ0n) is 46.0. The van der Waals surface area contributed by atoms with Crippen LogP contribution >= 0.6 is 0 Å². The quantitative estimate of drug-likeness (QED) is 0.0287. The molecule has 0 aromatic carbocycles. The molecule has 3 aliphatic heterocycles. The minimum absolute atomic E-state index is 0.0262. The SMILES string of the molecule is CO[C@@H]1C[C@H](C[C@@H](C)[C@@H]2CC(=O)[C@H](C)/C=C(\C)[C@@H](O)[C@@H](OC)C(=O)[C@H](C)C[C@H](C)/C=C/C=C/C=C(\C)C(OCCOCCOCCN=[N+]=[N-])C[C@@H]3CC[C@@H](C)[C@@](O)(O3)C(=O)C(=O)N3CCCC[C@H]3C(=O)O2)CC[C@H]1O. The number of azide groups is 1. The fraction of sp³-hybridized carbons (Fsp3) is 0.768. The predicted octanol–water partition coefficient (Wildman–Crippen LogP) is 6.89. The number of ketones is 3. The Bertz CT molecular complexity index is 2040. The fourth-order valence-electron chi connectivity index (χ4n) is 10.8. The maximum absolute atomic E-state index is 14.5. The molecule has 3 heterocycles. The summed E-state index contributed by atoms with van der Waals surface area (Å²) in [6.07, 6.45) is 10.3. The van der Waals surface area contributed by atoms with Gasteiger partial charge in [0, 0.05) is 62.8 Å². The van der Waals surface area contributed by atoms with Crippen LogP contribution in [-0.4, -0.2) is 164 Å². The van der Waals surface area contributed by atoms with Crippen molar-refractivity contribution in [1.82, 2.24) is 4.90 Å². The second-order valence-electron chi connectivity index (χ2n) is 21.4. The molecule has 0 radical (unpaired) electrons. The maximum atomic E-state index is 14.5. The van der Waals surface area contributed by atoms with E-state index < -0.39 is 83.9 Å². The van der Waals surface area contributed by atoms with E-state index in [0.29, 0.717) is 70.0 Å². The molecule has 15 atom stereocenters. The van der Waals surface area contributed by atoms with E-state index in [-0.39, 0.29) is 94.2 Å². The summed E-state index contributed by atoms with van der Waals surface area (Å²) in [5.41, 5.74) is 9.64. The zero-order valence-corrected chi connectivity index (χ0v) is 46.0. The highest BCUT2D eigenvalue weighted by molar-refractivity contribution is 6.39. The van der Waals surface area contributed by atoms with Gasteiger partial charge < -0.3 is 53.4 Å². The van der Waals surface area contributed by atoms with Crippen LogP contribution in [0.15, 0.2) is 52.7 Å². The lowest BCUT2D eigenvalue weighted by Gasteiger charge is -2.43. The molecule has 2 saturated heterocycles. The molecule has 2 bridgehead atoms. The Morgan fingerprint density at radius 1 is 0.867 bits per heavy atom. The van der Waals surface area contributed by atoms with Crippen LogP contribution in [0.3, 0.4) is 0 Å². The van der Waals surface area contributed by atoms with Gasteiger partial charge in [0.15, 0.2) is 5.78 Å². The second-order valence-corrected chi connectivity index (χ2v) is 21.4. The number of aliphatic hydroxyl groups excluding tert-OH is 2. The van der Waals surface area contributed by atoms with Gasteiger partial charge in [0.25, 0.3) is 11.7 Å². The van der Waals surface area contributed by atoms with Gasteiger partial charge in [-0.2, -0.15) is 0 Å². The van der Waals surface area contributed by atoms with E-state index in [1.165, 1.54) is 12.0 Å². The van der Waals surface area contributed by atoms with Crippen LogP contribution in [0.2, 0.25) is 0 Å². The Kier molecular flexibility index (Phi) is 27.0. The maximum Gasteiger partial charge on any atom is 0.329 e. The molecule has 3 fully saturated rings. The summed E-state index contributed by atoms with van der Waals surface area (Å²) in [4.78, 5) is 75.3. The van der Waals surface area contributed by atoms with Gasteiger partial charge in [-0.1, -0.05) is 76.2 Å². The molecular formula is C56H88N4O15. The van der Waals surface area contributed by atoms with Crippen LogP contribution in [0.25, 0.3) is 10.4 Å². The monoisotopic (exact) mass is 1060 g/mol. The third-order valence-electron chi connectivity index (χ3n) is 15.5. The van der Waals surface area contributed by atoms with E-state index >= 15 is 0 Å². The average molecular weight is 1060 g/mol. The van der Waals surface area contributed by atoms with Crippen molar-refractivity contribution < 1.29 is 72.5 Å². The Morgan fingerprint density at radius 3 is 2.29 bits per heavy atom. The largest absolute Gasteiger partial charge is 0.460 e. The number of piperidine rings is 1. The lowest BCUT2D eigenvalue weighted by Crippen LogP contribution is -2.61. The summed E-state index contributed by atoms with van der Waals surface area (Å²) >= 11 is 0. The molecule has 0 aromatic heterocycles. The van der Waals surface area contributed by atoms with E-state index in [1.807, 2.05) is 51.2 Å². The lowest BCUT2D eigenvalue weighted by molar-refractivity contribution is -0.266. The Hall–Kier alpha value is -4.14. The molecule has 4 aliphatic rings. The molecule has 1 unspecified atom stereocenters. The molecule has 1 amide bonds.